The van der Waals surface area contributed by atoms with E-state index in [1.807, 2.05) is 6.07 Å². The third kappa shape index (κ3) is 2.78. The minimum atomic E-state index is -0.170. The second kappa shape index (κ2) is 5.35. The van der Waals surface area contributed by atoms with Crippen LogP contribution in [0.2, 0.25) is 10.2 Å². The van der Waals surface area contributed by atoms with Crippen molar-refractivity contribution in [3.05, 3.63) is 33.3 Å². The molecule has 2 aromatic rings. The van der Waals surface area contributed by atoms with Gasteiger partial charge in [-0.25, -0.2) is 0 Å². The smallest absolute Gasteiger partial charge is 0.274 e. The molecule has 0 atom stereocenters. The lowest BCUT2D eigenvalue weighted by molar-refractivity contribution is 0.0777. The molecular formula is C13H15Cl2N5O. The summed E-state index contributed by atoms with van der Waals surface area (Å²) in [6.45, 7) is 0.282. The molecule has 112 valence electrons. The van der Waals surface area contributed by atoms with Crippen LogP contribution in [0.4, 0.5) is 0 Å². The molecule has 0 bridgehead atoms. The molecule has 0 aromatic carbocycles. The summed E-state index contributed by atoms with van der Waals surface area (Å²) in [7, 11) is 3.39. The Hall–Kier alpha value is -1.53. The molecule has 21 heavy (non-hydrogen) atoms. The number of amides is 1. The van der Waals surface area contributed by atoms with E-state index in [9.17, 15) is 4.79 Å². The first-order valence-corrected chi connectivity index (χ1v) is 7.40. The summed E-state index contributed by atoms with van der Waals surface area (Å²) in [5.74, 6) is 0.365. The average molecular weight is 328 g/mol. The number of aryl methyl sites for hydroxylation is 1. The molecule has 3 rings (SSSR count). The van der Waals surface area contributed by atoms with E-state index in [-0.39, 0.29) is 12.5 Å². The van der Waals surface area contributed by atoms with E-state index in [0.29, 0.717) is 27.5 Å². The Labute approximate surface area is 132 Å². The number of nitrogens with one attached hydrogen (secondary N) is 1. The molecule has 0 spiro atoms. The summed E-state index contributed by atoms with van der Waals surface area (Å²) in [5, 5.41) is 12.0. The predicted molar refractivity (Wildman–Crippen MR) is 79.6 cm³/mol. The largest absolute Gasteiger partial charge is 0.334 e. The lowest BCUT2D eigenvalue weighted by Gasteiger charge is -2.14. The van der Waals surface area contributed by atoms with E-state index >= 15 is 0 Å². The molecular weight excluding hydrogens is 313 g/mol. The Morgan fingerprint density at radius 2 is 2.24 bits per heavy atom. The summed E-state index contributed by atoms with van der Waals surface area (Å²) in [6, 6.07) is 1.82. The number of carbonyl (C=O) groups is 1. The van der Waals surface area contributed by atoms with E-state index in [4.69, 9.17) is 23.2 Å². The molecule has 2 heterocycles. The van der Waals surface area contributed by atoms with Gasteiger partial charge in [-0.1, -0.05) is 23.2 Å². The second-order valence-corrected chi connectivity index (χ2v) is 6.06. The number of hydrogen-bond donors (Lipinski definition) is 1. The Morgan fingerprint density at radius 1 is 1.52 bits per heavy atom. The van der Waals surface area contributed by atoms with Crippen LogP contribution in [0.3, 0.4) is 0 Å². The molecule has 0 unspecified atom stereocenters. The van der Waals surface area contributed by atoms with Crippen LogP contribution in [0.1, 0.15) is 40.6 Å². The standard InChI is InChI=1S/C13H15Cl2N5O/c1-19(6-10-11(14)12(15)20(2)18-10)13(21)9-5-8(16-17-9)7-3-4-7/h5,7H,3-4,6H2,1-2H3,(H,16,17). The predicted octanol–water partition coefficient (Wildman–Crippen LogP) is 2.60. The molecule has 1 fully saturated rings. The van der Waals surface area contributed by atoms with Gasteiger partial charge in [0.05, 0.1) is 6.54 Å². The van der Waals surface area contributed by atoms with Gasteiger partial charge in [0.25, 0.3) is 5.91 Å². The molecule has 1 amide bonds. The summed E-state index contributed by atoms with van der Waals surface area (Å²) >= 11 is 12.1. The quantitative estimate of drug-likeness (QED) is 0.938. The number of aromatic nitrogens is 4. The average Bonchev–Trinajstić information content (AvgIpc) is 3.15. The molecule has 1 aliphatic rings. The van der Waals surface area contributed by atoms with Crippen LogP contribution in [-0.4, -0.2) is 37.8 Å². The summed E-state index contributed by atoms with van der Waals surface area (Å²) in [6.07, 6.45) is 2.32. The molecule has 0 radical (unpaired) electrons. The molecule has 0 aliphatic heterocycles. The lowest BCUT2D eigenvalue weighted by Crippen LogP contribution is -2.26. The molecule has 6 nitrogen and oxygen atoms in total. The van der Waals surface area contributed by atoms with Gasteiger partial charge >= 0.3 is 0 Å². The normalized spacial score (nSPS) is 14.5. The SMILES string of the molecule is CN(Cc1nn(C)c(Cl)c1Cl)C(=O)c1cc(C2CC2)[nH]n1. The first kappa shape index (κ1) is 14.4. The zero-order valence-electron chi connectivity index (χ0n) is 11.7. The van der Waals surface area contributed by atoms with E-state index in [2.05, 4.69) is 15.3 Å². The topological polar surface area (TPSA) is 66.8 Å². The fraction of sp³-hybridized carbons (Fsp3) is 0.462. The van der Waals surface area contributed by atoms with Crippen LogP contribution >= 0.6 is 23.2 Å². The Bertz CT molecular complexity index is 689. The summed E-state index contributed by atoms with van der Waals surface area (Å²) < 4.78 is 1.48. The fourth-order valence-electron chi connectivity index (χ4n) is 2.17. The Balaban J connectivity index is 1.72. The molecule has 8 heteroatoms. The minimum Gasteiger partial charge on any atom is -0.334 e. The van der Waals surface area contributed by atoms with Gasteiger partial charge in [0, 0.05) is 25.7 Å². The van der Waals surface area contributed by atoms with Crippen LogP contribution in [0, 0.1) is 0 Å². The second-order valence-electron chi connectivity index (χ2n) is 5.32. The van der Waals surface area contributed by atoms with Gasteiger partial charge in [0.1, 0.15) is 21.6 Å². The van der Waals surface area contributed by atoms with Crippen molar-refractivity contribution in [1.29, 1.82) is 0 Å². The van der Waals surface area contributed by atoms with Crippen molar-refractivity contribution < 1.29 is 4.79 Å². The van der Waals surface area contributed by atoms with Crippen LogP contribution in [0.5, 0.6) is 0 Å². The van der Waals surface area contributed by atoms with Gasteiger partial charge in [-0.15, -0.1) is 0 Å². The number of H-pyrrole nitrogens is 1. The minimum absolute atomic E-state index is 0.170. The van der Waals surface area contributed by atoms with Crippen molar-refractivity contribution in [3.8, 4) is 0 Å². The lowest BCUT2D eigenvalue weighted by atomic mass is 10.2. The third-order valence-corrected chi connectivity index (χ3v) is 4.48. The van der Waals surface area contributed by atoms with Gasteiger partial charge in [-0.3, -0.25) is 14.6 Å². The zero-order chi connectivity index (χ0) is 15.1. The number of nitrogens with zero attached hydrogens (tertiary/aromatic N) is 4. The number of carbonyl (C=O) groups excluding carboxylic acids is 1. The van der Waals surface area contributed by atoms with E-state index in [1.54, 1.807) is 14.1 Å². The molecule has 1 aliphatic carbocycles. The number of rotatable bonds is 4. The van der Waals surface area contributed by atoms with Crippen molar-refractivity contribution in [2.75, 3.05) is 7.05 Å². The number of aromatic amines is 1. The van der Waals surface area contributed by atoms with Crippen molar-refractivity contribution >= 4 is 29.1 Å². The van der Waals surface area contributed by atoms with Gasteiger partial charge in [0.15, 0.2) is 0 Å². The summed E-state index contributed by atoms with van der Waals surface area (Å²) in [4.78, 5) is 13.9. The highest BCUT2D eigenvalue weighted by atomic mass is 35.5. The van der Waals surface area contributed by atoms with E-state index in [0.717, 1.165) is 18.5 Å². The van der Waals surface area contributed by atoms with Gasteiger partial charge in [-0.05, 0) is 18.9 Å². The zero-order valence-corrected chi connectivity index (χ0v) is 13.2. The maximum absolute atomic E-state index is 12.3. The van der Waals surface area contributed by atoms with Crippen molar-refractivity contribution in [2.45, 2.75) is 25.3 Å². The Kier molecular flexibility index (Phi) is 3.67. The van der Waals surface area contributed by atoms with E-state index in [1.165, 1.54) is 9.58 Å². The maximum Gasteiger partial charge on any atom is 0.274 e. The van der Waals surface area contributed by atoms with E-state index < -0.39 is 0 Å². The molecule has 1 N–H and O–H groups in total. The Morgan fingerprint density at radius 3 is 2.81 bits per heavy atom. The third-order valence-electron chi connectivity index (χ3n) is 3.56. The highest BCUT2D eigenvalue weighted by Crippen LogP contribution is 2.39. The first-order chi connectivity index (χ1) is 9.97. The first-order valence-electron chi connectivity index (χ1n) is 6.65. The van der Waals surface area contributed by atoms with Crippen molar-refractivity contribution in [3.63, 3.8) is 0 Å². The van der Waals surface area contributed by atoms with Gasteiger partial charge < -0.3 is 4.90 Å². The highest BCUT2D eigenvalue weighted by molar-refractivity contribution is 6.41. The van der Waals surface area contributed by atoms with Crippen molar-refractivity contribution in [1.82, 2.24) is 24.9 Å². The van der Waals surface area contributed by atoms with Gasteiger partial charge in [-0.2, -0.15) is 10.2 Å². The van der Waals surface area contributed by atoms with Crippen LogP contribution in [-0.2, 0) is 13.6 Å². The number of halogens is 2. The number of hydrogen-bond acceptors (Lipinski definition) is 3. The summed E-state index contributed by atoms with van der Waals surface area (Å²) in [5.41, 5.74) is 2.01. The van der Waals surface area contributed by atoms with Gasteiger partial charge in [0.2, 0.25) is 0 Å². The monoisotopic (exact) mass is 327 g/mol. The van der Waals surface area contributed by atoms with Crippen LogP contribution in [0.15, 0.2) is 6.07 Å². The molecule has 2 aromatic heterocycles. The van der Waals surface area contributed by atoms with Crippen LogP contribution in [0.25, 0.3) is 0 Å². The molecule has 1 saturated carbocycles. The molecule has 0 saturated heterocycles. The fourth-order valence-corrected chi connectivity index (χ4v) is 2.54. The van der Waals surface area contributed by atoms with Crippen molar-refractivity contribution in [2.24, 2.45) is 7.05 Å². The van der Waals surface area contributed by atoms with Crippen LogP contribution < -0.4 is 0 Å². The maximum atomic E-state index is 12.3. The highest BCUT2D eigenvalue weighted by Gasteiger charge is 2.27.